The van der Waals surface area contributed by atoms with Crippen molar-refractivity contribution in [3.8, 4) is 11.4 Å². The molecule has 9 heteroatoms. The Morgan fingerprint density at radius 3 is 1.09 bits per heavy atom. The normalized spacial score (nSPS) is 11.5. The van der Waals surface area contributed by atoms with E-state index in [9.17, 15) is 0 Å². The molecular weight excluding hydrogens is 677 g/mol. The predicted octanol–water partition coefficient (Wildman–Crippen LogP) is 11.1. The Kier molecular flexibility index (Phi) is 16.0. The predicted molar refractivity (Wildman–Crippen MR) is 227 cm³/mol. The third-order valence-corrected chi connectivity index (χ3v) is 11.2. The average Bonchev–Trinajstić information content (AvgIpc) is 3.56. The Morgan fingerprint density at radius 2 is 0.792 bits per heavy atom. The molecule has 0 aliphatic heterocycles. The molecule has 5 rings (SSSR count). The summed E-state index contributed by atoms with van der Waals surface area (Å²) in [6.07, 6.45) is 18.1. The highest BCUT2D eigenvalue weighted by Crippen LogP contribution is 2.32. The minimum atomic E-state index is -0.211. The molecule has 0 N–H and O–H groups in total. The molecule has 0 amide bonds. The third kappa shape index (κ3) is 10.2. The highest BCUT2D eigenvalue weighted by molar-refractivity contribution is 7.25. The second kappa shape index (κ2) is 21.0. The number of para-hydroxylation sites is 2. The summed E-state index contributed by atoms with van der Waals surface area (Å²) < 4.78 is 3.50. The first-order chi connectivity index (χ1) is 26.0. The van der Waals surface area contributed by atoms with Crippen molar-refractivity contribution in [3.05, 3.63) is 81.4 Å². The number of unbranched alkanes of at least 4 members (excludes halogenated alkanes) is 12. The van der Waals surface area contributed by atoms with Gasteiger partial charge in [0.15, 0.2) is 0 Å². The van der Waals surface area contributed by atoms with Gasteiger partial charge in [-0.05, 0) is 49.9 Å². The number of rotatable bonds is 24. The number of benzene rings is 2. The smallest absolute Gasteiger partial charge is 0.269 e. The molecule has 0 saturated heterocycles. The van der Waals surface area contributed by atoms with Gasteiger partial charge < -0.3 is 9.80 Å². The SMILES string of the molecule is CCCCCCN(CCCCCC)c1nc2sc3nc(N(CCCCCC)CCCCCC)n(-c4ccccc4)c(=O)c3c2c(=O)n1-c1ccccc1. The van der Waals surface area contributed by atoms with E-state index in [0.29, 0.717) is 32.3 Å². The lowest BCUT2D eigenvalue weighted by molar-refractivity contribution is 0.597. The van der Waals surface area contributed by atoms with Gasteiger partial charge in [0.05, 0.1) is 22.1 Å². The molecule has 0 unspecified atom stereocenters. The van der Waals surface area contributed by atoms with Gasteiger partial charge in [-0.2, -0.15) is 0 Å². The zero-order valence-corrected chi connectivity index (χ0v) is 33.6. The number of hydrogen-bond acceptors (Lipinski definition) is 7. The molecule has 2 aromatic carbocycles. The van der Waals surface area contributed by atoms with Gasteiger partial charge in [-0.3, -0.25) is 9.59 Å². The van der Waals surface area contributed by atoms with Crippen molar-refractivity contribution in [2.45, 2.75) is 130 Å². The van der Waals surface area contributed by atoms with E-state index in [2.05, 4.69) is 37.5 Å². The minimum Gasteiger partial charge on any atom is -0.342 e. The number of fused-ring (bicyclic) bond motifs is 3. The van der Waals surface area contributed by atoms with Crippen LogP contribution in [0.25, 0.3) is 31.8 Å². The molecule has 0 fully saturated rings. The zero-order valence-electron chi connectivity index (χ0n) is 32.8. The molecule has 0 radical (unpaired) electrons. The average molecular weight is 739 g/mol. The zero-order chi connectivity index (χ0) is 37.4. The van der Waals surface area contributed by atoms with E-state index >= 15 is 9.59 Å². The van der Waals surface area contributed by atoms with E-state index in [0.717, 1.165) is 88.9 Å². The molecule has 3 heterocycles. The van der Waals surface area contributed by atoms with Crippen LogP contribution in [0.4, 0.5) is 11.9 Å². The van der Waals surface area contributed by atoms with E-state index in [4.69, 9.17) is 9.97 Å². The van der Waals surface area contributed by atoms with Crippen LogP contribution in [-0.2, 0) is 0 Å². The highest BCUT2D eigenvalue weighted by atomic mass is 32.1. The fourth-order valence-electron chi connectivity index (χ4n) is 7.23. The molecule has 0 saturated carbocycles. The molecule has 0 spiro atoms. The first-order valence-corrected chi connectivity index (χ1v) is 21.5. The van der Waals surface area contributed by atoms with Crippen LogP contribution in [0.1, 0.15) is 130 Å². The summed E-state index contributed by atoms with van der Waals surface area (Å²) in [5, 5.41) is 0.724. The van der Waals surface area contributed by atoms with Gasteiger partial charge in [0.1, 0.15) is 9.66 Å². The summed E-state index contributed by atoms with van der Waals surface area (Å²) >= 11 is 1.39. The lowest BCUT2D eigenvalue weighted by atomic mass is 10.1. The van der Waals surface area contributed by atoms with Crippen molar-refractivity contribution >= 4 is 43.7 Å². The molecule has 3 aromatic heterocycles. The number of hydrogen-bond donors (Lipinski definition) is 0. The van der Waals surface area contributed by atoms with Crippen LogP contribution < -0.4 is 20.9 Å². The highest BCUT2D eigenvalue weighted by Gasteiger charge is 2.26. The van der Waals surface area contributed by atoms with Crippen molar-refractivity contribution in [2.24, 2.45) is 0 Å². The summed E-state index contributed by atoms with van der Waals surface area (Å²) in [6, 6.07) is 19.6. The monoisotopic (exact) mass is 738 g/mol. The molecule has 0 aliphatic carbocycles. The number of anilines is 2. The Morgan fingerprint density at radius 1 is 0.472 bits per heavy atom. The van der Waals surface area contributed by atoms with Gasteiger partial charge in [-0.25, -0.2) is 19.1 Å². The standard InChI is InChI=1S/C44H62N6O2S/c1-5-9-13-23-31-47(32-24-14-10-6-2)43-45-39-37(41(51)49(43)35-27-19-17-20-28-35)38-40(53-39)46-44(50(42(38)52)36-29-21-18-22-30-36)48(33-25-15-11-7-3)34-26-16-12-8-4/h17-22,27-30H,5-16,23-26,31-34H2,1-4H3. The summed E-state index contributed by atoms with van der Waals surface area (Å²) in [5.74, 6) is 1.32. The molecule has 0 bridgehead atoms. The summed E-state index contributed by atoms with van der Waals surface area (Å²) in [7, 11) is 0. The van der Waals surface area contributed by atoms with Crippen LogP contribution >= 0.6 is 11.3 Å². The van der Waals surface area contributed by atoms with Gasteiger partial charge in [-0.15, -0.1) is 0 Å². The first kappa shape index (κ1) is 40.2. The van der Waals surface area contributed by atoms with E-state index in [1.54, 1.807) is 9.13 Å². The molecule has 0 atom stereocenters. The minimum absolute atomic E-state index is 0.211. The molecule has 286 valence electrons. The second-order valence-corrected chi connectivity index (χ2v) is 15.4. The Bertz CT molecular complexity index is 1790. The van der Waals surface area contributed by atoms with E-state index in [1.807, 2.05) is 60.7 Å². The molecule has 5 aromatic rings. The molecule has 8 nitrogen and oxygen atoms in total. The maximum Gasteiger partial charge on any atom is 0.269 e. The third-order valence-electron chi connectivity index (χ3n) is 10.2. The fourth-order valence-corrected chi connectivity index (χ4v) is 8.25. The van der Waals surface area contributed by atoms with E-state index in [-0.39, 0.29) is 11.1 Å². The van der Waals surface area contributed by atoms with E-state index < -0.39 is 0 Å². The fraction of sp³-hybridized carbons (Fsp3) is 0.545. The van der Waals surface area contributed by atoms with Crippen LogP contribution in [-0.4, -0.2) is 45.3 Å². The van der Waals surface area contributed by atoms with Crippen molar-refractivity contribution in [1.82, 2.24) is 19.1 Å². The quantitative estimate of drug-likeness (QED) is 0.0587. The number of nitrogens with zero attached hydrogens (tertiary/aromatic N) is 6. The van der Waals surface area contributed by atoms with Crippen molar-refractivity contribution < 1.29 is 0 Å². The van der Waals surface area contributed by atoms with Gasteiger partial charge in [-0.1, -0.05) is 152 Å². The van der Waals surface area contributed by atoms with Crippen LogP contribution in [0.5, 0.6) is 0 Å². The van der Waals surface area contributed by atoms with Crippen LogP contribution in [0.2, 0.25) is 0 Å². The van der Waals surface area contributed by atoms with E-state index in [1.165, 1.54) is 62.7 Å². The second-order valence-electron chi connectivity index (χ2n) is 14.5. The largest absolute Gasteiger partial charge is 0.342 e. The van der Waals surface area contributed by atoms with Crippen molar-refractivity contribution in [3.63, 3.8) is 0 Å². The topological polar surface area (TPSA) is 76.3 Å². The van der Waals surface area contributed by atoms with Gasteiger partial charge in [0.2, 0.25) is 11.9 Å². The van der Waals surface area contributed by atoms with Crippen molar-refractivity contribution in [2.75, 3.05) is 36.0 Å². The summed E-state index contributed by atoms with van der Waals surface area (Å²) in [5.41, 5.74) is 1.09. The Balaban J connectivity index is 1.74. The molecular formula is C44H62N6O2S. The maximum absolute atomic E-state index is 15.0. The number of thiophene rings is 1. The van der Waals surface area contributed by atoms with Gasteiger partial charge in [0, 0.05) is 26.2 Å². The molecule has 0 aliphatic rings. The van der Waals surface area contributed by atoms with Crippen LogP contribution in [0.3, 0.4) is 0 Å². The van der Waals surface area contributed by atoms with Crippen LogP contribution in [0, 0.1) is 0 Å². The Labute approximate surface area is 320 Å². The lowest BCUT2D eigenvalue weighted by Gasteiger charge is -2.27. The van der Waals surface area contributed by atoms with Crippen molar-refractivity contribution in [1.29, 1.82) is 0 Å². The first-order valence-electron chi connectivity index (χ1n) is 20.7. The maximum atomic E-state index is 15.0. The van der Waals surface area contributed by atoms with Gasteiger partial charge >= 0.3 is 0 Å². The lowest BCUT2D eigenvalue weighted by Crippen LogP contribution is -2.35. The summed E-state index contributed by atoms with van der Waals surface area (Å²) in [6.45, 7) is 12.2. The number of aromatic nitrogens is 4. The molecule has 53 heavy (non-hydrogen) atoms. The van der Waals surface area contributed by atoms with Gasteiger partial charge in [0.25, 0.3) is 11.1 Å². The van der Waals surface area contributed by atoms with Crippen LogP contribution in [0.15, 0.2) is 70.3 Å². The Hall–Kier alpha value is -3.98. The summed E-state index contributed by atoms with van der Waals surface area (Å²) in [4.78, 5) is 46.5.